The highest BCUT2D eigenvalue weighted by atomic mass is 32.2. The molecule has 1 atom stereocenters. The van der Waals surface area contributed by atoms with Crippen LogP contribution in [0.1, 0.15) is 90.2 Å². The van der Waals surface area contributed by atoms with E-state index in [1.54, 1.807) is 12.1 Å². The van der Waals surface area contributed by atoms with E-state index < -0.39 is 15.6 Å². The number of hydrogen-bond donors (Lipinski definition) is 2. The minimum atomic E-state index is -3.88. The van der Waals surface area contributed by atoms with Crippen molar-refractivity contribution < 1.29 is 13.5 Å². The molecule has 2 aromatic rings. The van der Waals surface area contributed by atoms with Gasteiger partial charge < -0.3 is 5.11 Å². The van der Waals surface area contributed by atoms with E-state index >= 15 is 0 Å². The largest absolute Gasteiger partial charge is 0.493 e. The standard InChI is InChI=1S/C28H41N5O4S/c1-5-9-14-21(8-4)20-30-38(36,37)25-17-13-12-16-24(25)31-32-26-22(15-10-6-2)23(19-29)27(34)33(28(26)35)18-11-7-3/h12-13,16-17,21,30,34H,5-11,14-15,18,20H2,1-4H3. The molecule has 38 heavy (non-hydrogen) atoms. The van der Waals surface area contributed by atoms with Gasteiger partial charge in [-0.3, -0.25) is 9.36 Å². The van der Waals surface area contributed by atoms with E-state index in [0.29, 0.717) is 31.4 Å². The molecule has 9 nitrogen and oxygen atoms in total. The quantitative estimate of drug-likeness (QED) is 0.233. The van der Waals surface area contributed by atoms with E-state index in [9.17, 15) is 23.6 Å². The van der Waals surface area contributed by atoms with Crippen LogP contribution in [0, 0.1) is 17.2 Å². The molecule has 1 aromatic heterocycles. The van der Waals surface area contributed by atoms with E-state index in [0.717, 1.165) is 43.1 Å². The van der Waals surface area contributed by atoms with Crippen molar-refractivity contribution in [2.24, 2.45) is 16.1 Å². The van der Waals surface area contributed by atoms with Crippen molar-refractivity contribution in [2.75, 3.05) is 6.54 Å². The second-order valence-electron chi connectivity index (χ2n) is 9.49. The van der Waals surface area contributed by atoms with Crippen LogP contribution in [0.2, 0.25) is 0 Å². The number of benzene rings is 1. The molecular formula is C28H41N5O4S. The summed E-state index contributed by atoms with van der Waals surface area (Å²) in [5.74, 6) is -0.126. The van der Waals surface area contributed by atoms with Crippen LogP contribution in [-0.2, 0) is 23.0 Å². The molecule has 10 heteroatoms. The molecule has 2 N–H and O–H groups in total. The summed E-state index contributed by atoms with van der Waals surface area (Å²) in [4.78, 5) is 13.3. The summed E-state index contributed by atoms with van der Waals surface area (Å²) in [7, 11) is -3.88. The molecular weight excluding hydrogens is 502 g/mol. The highest BCUT2D eigenvalue weighted by Crippen LogP contribution is 2.31. The molecule has 0 saturated heterocycles. The van der Waals surface area contributed by atoms with Gasteiger partial charge in [0.25, 0.3) is 5.56 Å². The van der Waals surface area contributed by atoms with Crippen molar-refractivity contribution in [2.45, 2.75) is 96.9 Å². The molecule has 0 bridgehead atoms. The monoisotopic (exact) mass is 543 g/mol. The van der Waals surface area contributed by atoms with Gasteiger partial charge in [-0.15, -0.1) is 10.2 Å². The van der Waals surface area contributed by atoms with Crippen molar-refractivity contribution in [3.05, 3.63) is 45.7 Å². The van der Waals surface area contributed by atoms with Gasteiger partial charge in [0.05, 0.1) is 0 Å². The van der Waals surface area contributed by atoms with Crippen molar-refractivity contribution in [1.29, 1.82) is 5.26 Å². The summed E-state index contributed by atoms with van der Waals surface area (Å²) >= 11 is 0. The highest BCUT2D eigenvalue weighted by molar-refractivity contribution is 7.89. The molecule has 1 aromatic carbocycles. The minimum Gasteiger partial charge on any atom is -0.493 e. The Morgan fingerprint density at radius 1 is 1.05 bits per heavy atom. The summed E-state index contributed by atoms with van der Waals surface area (Å²) in [6.07, 6.45) is 7.19. The lowest BCUT2D eigenvalue weighted by molar-refractivity contribution is 0.399. The number of rotatable bonds is 16. The number of unbranched alkanes of at least 4 members (excludes halogenated alkanes) is 3. The van der Waals surface area contributed by atoms with E-state index in [1.807, 2.05) is 26.8 Å². The second-order valence-corrected chi connectivity index (χ2v) is 11.2. The summed E-state index contributed by atoms with van der Waals surface area (Å²) in [5, 5.41) is 28.9. The van der Waals surface area contributed by atoms with Crippen LogP contribution in [0.4, 0.5) is 11.4 Å². The second kappa shape index (κ2) is 15.4. The zero-order valence-electron chi connectivity index (χ0n) is 23.0. The summed E-state index contributed by atoms with van der Waals surface area (Å²) in [6, 6.07) is 8.27. The number of nitrogens with zero attached hydrogens (tertiary/aromatic N) is 4. The molecule has 1 heterocycles. The van der Waals surface area contributed by atoms with Crippen LogP contribution >= 0.6 is 0 Å². The molecule has 0 aliphatic carbocycles. The Hall–Kier alpha value is -3.03. The van der Waals surface area contributed by atoms with Gasteiger partial charge in [0, 0.05) is 18.7 Å². The smallest absolute Gasteiger partial charge is 0.281 e. The number of azo groups is 1. The van der Waals surface area contributed by atoms with Gasteiger partial charge in [-0.25, -0.2) is 13.1 Å². The summed E-state index contributed by atoms with van der Waals surface area (Å²) in [5.41, 5.74) is -0.175. The normalized spacial score (nSPS) is 12.6. The first-order valence-corrected chi connectivity index (χ1v) is 15.1. The zero-order valence-corrected chi connectivity index (χ0v) is 23.9. The molecule has 0 radical (unpaired) electrons. The molecule has 0 saturated carbocycles. The van der Waals surface area contributed by atoms with E-state index in [-0.39, 0.29) is 40.2 Å². The number of nitriles is 1. The highest BCUT2D eigenvalue weighted by Gasteiger charge is 2.23. The molecule has 0 amide bonds. The predicted molar refractivity (Wildman–Crippen MR) is 150 cm³/mol. The third-order valence-electron chi connectivity index (χ3n) is 6.66. The lowest BCUT2D eigenvalue weighted by atomic mass is 10.00. The Morgan fingerprint density at radius 2 is 1.74 bits per heavy atom. The van der Waals surface area contributed by atoms with Gasteiger partial charge in [0.15, 0.2) is 5.69 Å². The van der Waals surface area contributed by atoms with Gasteiger partial charge in [-0.05, 0) is 43.7 Å². The Bertz CT molecular complexity index is 1300. The fourth-order valence-corrected chi connectivity index (χ4v) is 5.45. The number of hydrogen-bond acceptors (Lipinski definition) is 7. The summed E-state index contributed by atoms with van der Waals surface area (Å²) in [6.45, 7) is 8.66. The number of aromatic hydroxyl groups is 1. The van der Waals surface area contributed by atoms with Crippen LogP contribution in [0.5, 0.6) is 5.88 Å². The van der Waals surface area contributed by atoms with E-state index in [4.69, 9.17) is 0 Å². The maximum atomic E-state index is 13.4. The van der Waals surface area contributed by atoms with E-state index in [2.05, 4.69) is 21.9 Å². The maximum Gasteiger partial charge on any atom is 0.281 e. The lowest BCUT2D eigenvalue weighted by Gasteiger charge is -2.16. The third kappa shape index (κ3) is 7.98. The molecule has 1 unspecified atom stereocenters. The number of sulfonamides is 1. The van der Waals surface area contributed by atoms with Gasteiger partial charge in [-0.1, -0.05) is 71.9 Å². The van der Waals surface area contributed by atoms with Gasteiger partial charge in [0.2, 0.25) is 15.9 Å². The SMILES string of the molecule is CCCCc1c(C#N)c(O)n(CCCC)c(=O)c1N=Nc1ccccc1S(=O)(=O)NCC(CC)CCCC. The lowest BCUT2D eigenvalue weighted by Crippen LogP contribution is -2.29. The molecule has 0 aliphatic heterocycles. The van der Waals surface area contributed by atoms with Crippen LogP contribution in [0.25, 0.3) is 0 Å². The van der Waals surface area contributed by atoms with Gasteiger partial charge >= 0.3 is 0 Å². The Labute approximate surface area is 226 Å². The van der Waals surface area contributed by atoms with Crippen LogP contribution in [-0.4, -0.2) is 24.6 Å². The third-order valence-corrected chi connectivity index (χ3v) is 8.13. The minimum absolute atomic E-state index is 0.00311. The molecule has 208 valence electrons. The number of nitrogens with one attached hydrogen (secondary N) is 1. The predicted octanol–water partition coefficient (Wildman–Crippen LogP) is 6.48. The first-order chi connectivity index (χ1) is 18.2. The van der Waals surface area contributed by atoms with Gasteiger partial charge in [0.1, 0.15) is 22.2 Å². The number of pyridine rings is 1. The van der Waals surface area contributed by atoms with Gasteiger partial charge in [-0.2, -0.15) is 5.26 Å². The van der Waals surface area contributed by atoms with Crippen molar-refractivity contribution in [3.63, 3.8) is 0 Å². The van der Waals surface area contributed by atoms with Crippen molar-refractivity contribution in [1.82, 2.24) is 9.29 Å². The van der Waals surface area contributed by atoms with Crippen LogP contribution < -0.4 is 10.3 Å². The van der Waals surface area contributed by atoms with Crippen molar-refractivity contribution in [3.8, 4) is 11.9 Å². The van der Waals surface area contributed by atoms with Crippen LogP contribution in [0.3, 0.4) is 0 Å². The number of aromatic nitrogens is 1. The first-order valence-electron chi connectivity index (χ1n) is 13.6. The molecule has 2 rings (SSSR count). The Balaban J connectivity index is 2.54. The fraction of sp³-hybridized carbons (Fsp3) is 0.571. The maximum absolute atomic E-state index is 13.4. The first kappa shape index (κ1) is 31.2. The fourth-order valence-electron chi connectivity index (χ4n) is 4.20. The molecule has 0 fully saturated rings. The Kier molecular flexibility index (Phi) is 12.6. The van der Waals surface area contributed by atoms with Crippen molar-refractivity contribution >= 4 is 21.4 Å². The summed E-state index contributed by atoms with van der Waals surface area (Å²) < 4.78 is 30.3. The average Bonchev–Trinajstić information content (AvgIpc) is 2.91. The zero-order chi connectivity index (χ0) is 28.1. The topological polar surface area (TPSA) is 137 Å². The Morgan fingerprint density at radius 3 is 2.37 bits per heavy atom. The average molecular weight is 544 g/mol. The van der Waals surface area contributed by atoms with Crippen LogP contribution in [0.15, 0.2) is 44.2 Å². The van der Waals surface area contributed by atoms with E-state index in [1.165, 1.54) is 12.1 Å². The molecule has 0 aliphatic rings. The molecule has 0 spiro atoms.